The van der Waals surface area contributed by atoms with Crippen molar-refractivity contribution in [3.8, 4) is 5.75 Å². The molecule has 2 heterocycles. The van der Waals surface area contributed by atoms with Gasteiger partial charge >= 0.3 is 0 Å². The third-order valence-corrected chi connectivity index (χ3v) is 5.35. The molecule has 2 aromatic rings. The first-order valence-electron chi connectivity index (χ1n) is 7.73. The zero-order valence-corrected chi connectivity index (χ0v) is 12.9. The minimum Gasteiger partial charge on any atom is -0.487 e. The second kappa shape index (κ2) is 5.43. The smallest absolute Gasteiger partial charge is 0.124 e. The van der Waals surface area contributed by atoms with E-state index in [9.17, 15) is 0 Å². The fourth-order valence-electron chi connectivity index (χ4n) is 3.41. The molecule has 110 valence electrons. The van der Waals surface area contributed by atoms with E-state index in [2.05, 4.69) is 39.9 Å². The van der Waals surface area contributed by atoms with Gasteiger partial charge in [-0.05, 0) is 25.3 Å². The lowest BCUT2D eigenvalue weighted by Gasteiger charge is -2.48. The number of para-hydroxylation sites is 1. The molecule has 1 N–H and O–H groups in total. The first-order valence-corrected chi connectivity index (χ1v) is 8.67. The highest BCUT2D eigenvalue weighted by Gasteiger charge is 2.45. The topological polar surface area (TPSA) is 34.1 Å². The minimum atomic E-state index is 0.104. The molecule has 1 aromatic carbocycles. The Balaban J connectivity index is 1.47. The van der Waals surface area contributed by atoms with Crippen LogP contribution in [0, 0.1) is 0 Å². The number of hydrogen-bond donors (Lipinski definition) is 1. The van der Waals surface area contributed by atoms with Crippen molar-refractivity contribution in [2.75, 3.05) is 6.54 Å². The van der Waals surface area contributed by atoms with E-state index in [1.165, 1.54) is 30.5 Å². The Labute approximate surface area is 129 Å². The molecule has 0 unspecified atom stereocenters. The minimum absolute atomic E-state index is 0.104. The molecule has 1 aromatic heterocycles. The number of ether oxygens (including phenoxy) is 1. The number of thiazole rings is 1. The Hall–Kier alpha value is -1.39. The van der Waals surface area contributed by atoms with Gasteiger partial charge in [0.05, 0.1) is 11.2 Å². The van der Waals surface area contributed by atoms with Crippen molar-refractivity contribution in [2.45, 2.75) is 43.7 Å². The summed E-state index contributed by atoms with van der Waals surface area (Å²) in [5, 5.41) is 5.86. The quantitative estimate of drug-likeness (QED) is 0.934. The summed E-state index contributed by atoms with van der Waals surface area (Å²) in [6, 6.07) is 8.90. The molecular formula is C17H20N2OS. The lowest BCUT2D eigenvalue weighted by Crippen LogP contribution is -2.49. The van der Waals surface area contributed by atoms with E-state index in [1.54, 1.807) is 11.3 Å². The number of aromatic nitrogens is 1. The van der Waals surface area contributed by atoms with E-state index in [0.29, 0.717) is 6.04 Å². The summed E-state index contributed by atoms with van der Waals surface area (Å²) in [7, 11) is 0. The van der Waals surface area contributed by atoms with Crippen molar-refractivity contribution in [1.29, 1.82) is 0 Å². The van der Waals surface area contributed by atoms with E-state index in [0.717, 1.165) is 25.1 Å². The van der Waals surface area contributed by atoms with Gasteiger partial charge in [0.25, 0.3) is 0 Å². The van der Waals surface area contributed by atoms with E-state index < -0.39 is 0 Å². The van der Waals surface area contributed by atoms with Crippen molar-refractivity contribution in [3.63, 3.8) is 0 Å². The van der Waals surface area contributed by atoms with Crippen molar-refractivity contribution in [2.24, 2.45) is 0 Å². The average Bonchev–Trinajstić information content (AvgIpc) is 2.98. The van der Waals surface area contributed by atoms with E-state index in [-0.39, 0.29) is 5.60 Å². The summed E-state index contributed by atoms with van der Waals surface area (Å²) in [4.78, 5) is 4.35. The predicted molar refractivity (Wildman–Crippen MR) is 84.8 cm³/mol. The zero-order valence-electron chi connectivity index (χ0n) is 12.0. The summed E-state index contributed by atoms with van der Waals surface area (Å²) in [6.07, 6.45) is 5.79. The Bertz CT molecular complexity index is 607. The lowest BCUT2D eigenvalue weighted by atomic mass is 9.73. The van der Waals surface area contributed by atoms with Crippen LogP contribution in [0.5, 0.6) is 5.75 Å². The van der Waals surface area contributed by atoms with Crippen molar-refractivity contribution >= 4 is 11.3 Å². The fraction of sp³-hybridized carbons (Fsp3) is 0.471. The van der Waals surface area contributed by atoms with Crippen molar-refractivity contribution in [3.05, 3.63) is 46.4 Å². The highest BCUT2D eigenvalue weighted by atomic mass is 32.1. The maximum Gasteiger partial charge on any atom is 0.124 e. The highest BCUT2D eigenvalue weighted by molar-refractivity contribution is 7.07. The van der Waals surface area contributed by atoms with Crippen molar-refractivity contribution in [1.82, 2.24) is 10.3 Å². The molecule has 0 radical (unpaired) electrons. The second-order valence-corrected chi connectivity index (χ2v) is 6.84. The standard InChI is InChI=1S/C17H20N2OS/c1-2-5-16-14(4-1)15(10-17(20-16)7-3-8-17)18-9-6-13-11-21-12-19-13/h1-2,4-5,11-12,15,18H,3,6-10H2/t15-/m0/s1. The summed E-state index contributed by atoms with van der Waals surface area (Å²) >= 11 is 1.67. The summed E-state index contributed by atoms with van der Waals surface area (Å²) in [5.41, 5.74) is 4.51. The SMILES string of the molecule is c1ccc2c(c1)OC1(CCC1)C[C@@H]2NCCc1cscn1. The summed E-state index contributed by atoms with van der Waals surface area (Å²) < 4.78 is 6.29. The highest BCUT2D eigenvalue weighted by Crippen LogP contribution is 2.48. The molecule has 0 saturated heterocycles. The molecule has 1 atom stereocenters. The van der Waals surface area contributed by atoms with Gasteiger partial charge in [-0.1, -0.05) is 18.2 Å². The summed E-state index contributed by atoms with van der Waals surface area (Å²) in [6.45, 7) is 0.971. The average molecular weight is 300 g/mol. The number of benzene rings is 1. The van der Waals surface area contributed by atoms with Crippen LogP contribution in [0.3, 0.4) is 0 Å². The van der Waals surface area contributed by atoms with Gasteiger partial charge in [0.1, 0.15) is 11.4 Å². The maximum atomic E-state index is 6.29. The normalized spacial score (nSPS) is 22.4. The van der Waals surface area contributed by atoms with Gasteiger partial charge in [0.15, 0.2) is 0 Å². The molecule has 0 bridgehead atoms. The Morgan fingerprint density at radius 1 is 1.33 bits per heavy atom. The van der Waals surface area contributed by atoms with Crippen molar-refractivity contribution < 1.29 is 4.74 Å². The third kappa shape index (κ3) is 2.58. The second-order valence-electron chi connectivity index (χ2n) is 6.12. The van der Waals surface area contributed by atoms with Gasteiger partial charge in [-0.15, -0.1) is 11.3 Å². The van der Waals surface area contributed by atoms with Crippen LogP contribution in [-0.4, -0.2) is 17.1 Å². The van der Waals surface area contributed by atoms with Gasteiger partial charge in [-0.2, -0.15) is 0 Å². The number of nitrogens with zero attached hydrogens (tertiary/aromatic N) is 1. The number of fused-ring (bicyclic) bond motifs is 1. The molecule has 2 aliphatic rings. The van der Waals surface area contributed by atoms with Crippen LogP contribution in [0.4, 0.5) is 0 Å². The zero-order chi connectivity index (χ0) is 14.1. The first kappa shape index (κ1) is 13.3. The Morgan fingerprint density at radius 2 is 2.24 bits per heavy atom. The number of hydrogen-bond acceptors (Lipinski definition) is 4. The largest absolute Gasteiger partial charge is 0.487 e. The molecule has 1 fully saturated rings. The Morgan fingerprint density at radius 3 is 3.00 bits per heavy atom. The van der Waals surface area contributed by atoms with E-state index in [1.807, 2.05) is 5.51 Å². The molecule has 21 heavy (non-hydrogen) atoms. The number of rotatable bonds is 4. The summed E-state index contributed by atoms with van der Waals surface area (Å²) in [5.74, 6) is 1.08. The van der Waals surface area contributed by atoms with Crippen LogP contribution < -0.4 is 10.1 Å². The van der Waals surface area contributed by atoms with Crippen LogP contribution in [0.25, 0.3) is 0 Å². The molecule has 0 amide bonds. The molecule has 1 saturated carbocycles. The molecule has 3 nitrogen and oxygen atoms in total. The van der Waals surface area contributed by atoms with Gasteiger partial charge in [-0.25, -0.2) is 4.98 Å². The van der Waals surface area contributed by atoms with Crippen LogP contribution >= 0.6 is 11.3 Å². The molecule has 1 aliphatic carbocycles. The third-order valence-electron chi connectivity index (χ3n) is 4.72. The molecule has 1 aliphatic heterocycles. The monoisotopic (exact) mass is 300 g/mol. The Kier molecular flexibility index (Phi) is 3.43. The maximum absolute atomic E-state index is 6.29. The van der Waals surface area contributed by atoms with E-state index in [4.69, 9.17) is 4.74 Å². The molecule has 4 heteroatoms. The van der Waals surface area contributed by atoms with Gasteiger partial charge in [0, 0.05) is 36.4 Å². The number of nitrogens with one attached hydrogen (secondary N) is 1. The lowest BCUT2D eigenvalue weighted by molar-refractivity contribution is -0.0368. The van der Waals surface area contributed by atoms with Gasteiger partial charge in [0.2, 0.25) is 0 Å². The molecule has 4 rings (SSSR count). The van der Waals surface area contributed by atoms with Gasteiger partial charge in [-0.3, -0.25) is 0 Å². The van der Waals surface area contributed by atoms with Crippen LogP contribution in [0.1, 0.15) is 43.0 Å². The van der Waals surface area contributed by atoms with Crippen LogP contribution in [-0.2, 0) is 6.42 Å². The first-order chi connectivity index (χ1) is 10.3. The molecular weight excluding hydrogens is 280 g/mol. The van der Waals surface area contributed by atoms with Crippen LogP contribution in [0.2, 0.25) is 0 Å². The van der Waals surface area contributed by atoms with E-state index >= 15 is 0 Å². The molecule has 1 spiro atoms. The predicted octanol–water partition coefficient (Wildman–Crippen LogP) is 3.72. The van der Waals surface area contributed by atoms with Gasteiger partial charge < -0.3 is 10.1 Å². The van der Waals surface area contributed by atoms with Crippen LogP contribution in [0.15, 0.2) is 35.2 Å². The fourth-order valence-corrected chi connectivity index (χ4v) is 4.01.